The van der Waals surface area contributed by atoms with Crippen LogP contribution < -0.4 is 5.32 Å². The summed E-state index contributed by atoms with van der Waals surface area (Å²) < 4.78 is 5.04. The molecule has 1 N–H and O–H groups in total. The van der Waals surface area contributed by atoms with E-state index >= 15 is 0 Å². The fourth-order valence-corrected chi connectivity index (χ4v) is 2.31. The molecule has 3 nitrogen and oxygen atoms in total. The monoisotopic (exact) mass is 227 g/mol. The van der Waals surface area contributed by atoms with Gasteiger partial charge >= 0.3 is 5.97 Å². The number of rotatable bonds is 7. The quantitative estimate of drug-likeness (QED) is 0.679. The van der Waals surface area contributed by atoms with E-state index < -0.39 is 0 Å². The number of carbonyl (C=O) groups excluding carboxylic acids is 1. The van der Waals surface area contributed by atoms with Crippen LogP contribution in [0.25, 0.3) is 0 Å². The first-order valence-electron chi connectivity index (χ1n) is 6.57. The summed E-state index contributed by atoms with van der Waals surface area (Å²) in [5.74, 6) is -0.101. The van der Waals surface area contributed by atoms with E-state index in [1.807, 2.05) is 13.8 Å². The van der Waals surface area contributed by atoms with Gasteiger partial charge in [0.25, 0.3) is 0 Å². The second-order valence-corrected chi connectivity index (χ2v) is 4.80. The van der Waals surface area contributed by atoms with Gasteiger partial charge in [0.05, 0.1) is 6.61 Å². The molecule has 1 rings (SSSR count). The van der Waals surface area contributed by atoms with Crippen molar-refractivity contribution < 1.29 is 9.53 Å². The lowest BCUT2D eigenvalue weighted by molar-refractivity contribution is -0.146. The zero-order chi connectivity index (χ0) is 12.0. The molecule has 0 aromatic rings. The van der Waals surface area contributed by atoms with Gasteiger partial charge < -0.3 is 10.1 Å². The van der Waals surface area contributed by atoms with Crippen molar-refractivity contribution >= 4 is 5.97 Å². The molecule has 0 radical (unpaired) electrons. The molecule has 0 bridgehead atoms. The molecular weight excluding hydrogens is 202 g/mol. The largest absolute Gasteiger partial charge is 0.465 e. The maximum Gasteiger partial charge on any atom is 0.323 e. The van der Waals surface area contributed by atoms with Crippen molar-refractivity contribution in [3.63, 3.8) is 0 Å². The number of esters is 1. The highest BCUT2D eigenvalue weighted by Gasteiger charge is 2.35. The summed E-state index contributed by atoms with van der Waals surface area (Å²) in [5.41, 5.74) is 0.458. The highest BCUT2D eigenvalue weighted by molar-refractivity contribution is 5.75. The van der Waals surface area contributed by atoms with Crippen LogP contribution in [0.4, 0.5) is 0 Å². The molecule has 0 amide bonds. The molecule has 1 saturated carbocycles. The maximum atomic E-state index is 11.6. The van der Waals surface area contributed by atoms with E-state index in [-0.39, 0.29) is 12.0 Å². The molecule has 1 atom stereocenters. The normalized spacial score (nSPS) is 19.9. The molecular formula is C13H25NO2. The van der Waals surface area contributed by atoms with E-state index in [0.29, 0.717) is 12.0 Å². The van der Waals surface area contributed by atoms with Gasteiger partial charge in [-0.3, -0.25) is 4.79 Å². The Balaban J connectivity index is 2.35. The van der Waals surface area contributed by atoms with Crippen molar-refractivity contribution in [1.29, 1.82) is 0 Å². The van der Waals surface area contributed by atoms with Crippen molar-refractivity contribution in [3.8, 4) is 0 Å². The van der Waals surface area contributed by atoms with Gasteiger partial charge in [-0.1, -0.05) is 20.3 Å². The lowest BCUT2D eigenvalue weighted by Gasteiger charge is -2.42. The van der Waals surface area contributed by atoms with Gasteiger partial charge in [0.2, 0.25) is 0 Å². The Hall–Kier alpha value is -0.570. The molecule has 0 saturated heterocycles. The van der Waals surface area contributed by atoms with E-state index in [1.165, 1.54) is 25.7 Å². The average Bonchev–Trinajstić information content (AvgIpc) is 2.22. The van der Waals surface area contributed by atoms with Crippen LogP contribution in [-0.2, 0) is 9.53 Å². The zero-order valence-electron chi connectivity index (χ0n) is 10.8. The van der Waals surface area contributed by atoms with E-state index in [0.717, 1.165) is 13.0 Å². The maximum absolute atomic E-state index is 11.6. The fourth-order valence-electron chi connectivity index (χ4n) is 2.31. The Morgan fingerprint density at radius 2 is 2.06 bits per heavy atom. The lowest BCUT2D eigenvalue weighted by atomic mass is 9.67. The molecule has 0 aliphatic heterocycles. The minimum absolute atomic E-state index is 0.101. The molecule has 1 aliphatic carbocycles. The summed E-state index contributed by atoms with van der Waals surface area (Å²) in [6.45, 7) is 7.54. The molecule has 0 heterocycles. The van der Waals surface area contributed by atoms with Crippen LogP contribution >= 0.6 is 0 Å². The van der Waals surface area contributed by atoms with Crippen LogP contribution in [0.5, 0.6) is 0 Å². The van der Waals surface area contributed by atoms with E-state index in [9.17, 15) is 4.79 Å². The number of nitrogens with one attached hydrogen (secondary N) is 1. The molecule has 94 valence electrons. The first kappa shape index (κ1) is 13.5. The van der Waals surface area contributed by atoms with Crippen molar-refractivity contribution in [2.75, 3.05) is 13.2 Å². The number of hydrogen-bond acceptors (Lipinski definition) is 3. The standard InChI is InChI=1S/C13H25NO2/c1-4-11(12(15)16-6-3)14-10-13(5-2)8-7-9-13/h11,14H,4-10H2,1-3H3. The first-order valence-corrected chi connectivity index (χ1v) is 6.57. The minimum atomic E-state index is -0.121. The molecule has 1 fully saturated rings. The topological polar surface area (TPSA) is 38.3 Å². The van der Waals surface area contributed by atoms with Gasteiger partial charge in [0, 0.05) is 6.54 Å². The third-order valence-electron chi connectivity index (χ3n) is 3.87. The molecule has 0 aromatic carbocycles. The van der Waals surface area contributed by atoms with Crippen LogP contribution in [0.3, 0.4) is 0 Å². The predicted molar refractivity (Wildman–Crippen MR) is 65.3 cm³/mol. The summed E-state index contributed by atoms with van der Waals surface area (Å²) in [7, 11) is 0. The second kappa shape index (κ2) is 6.24. The van der Waals surface area contributed by atoms with Crippen LogP contribution in [0, 0.1) is 5.41 Å². The SMILES string of the molecule is CCOC(=O)C(CC)NCC1(CC)CCC1. The van der Waals surface area contributed by atoms with Gasteiger partial charge in [-0.15, -0.1) is 0 Å². The summed E-state index contributed by atoms with van der Waals surface area (Å²) in [6.07, 6.45) is 5.95. The van der Waals surface area contributed by atoms with Gasteiger partial charge in [0.15, 0.2) is 0 Å². The van der Waals surface area contributed by atoms with Crippen LogP contribution in [-0.4, -0.2) is 25.2 Å². The van der Waals surface area contributed by atoms with E-state index in [1.54, 1.807) is 0 Å². The summed E-state index contributed by atoms with van der Waals surface area (Å²) in [6, 6.07) is -0.121. The third kappa shape index (κ3) is 3.21. The van der Waals surface area contributed by atoms with E-state index in [4.69, 9.17) is 4.74 Å². The van der Waals surface area contributed by atoms with Crippen LogP contribution in [0.2, 0.25) is 0 Å². The van der Waals surface area contributed by atoms with Crippen LogP contribution in [0.15, 0.2) is 0 Å². The smallest absolute Gasteiger partial charge is 0.323 e. The Morgan fingerprint density at radius 1 is 1.38 bits per heavy atom. The van der Waals surface area contributed by atoms with Gasteiger partial charge in [-0.25, -0.2) is 0 Å². The molecule has 3 heteroatoms. The Labute approximate surface area is 98.9 Å². The first-order chi connectivity index (χ1) is 7.67. The van der Waals surface area contributed by atoms with Crippen molar-refractivity contribution in [2.24, 2.45) is 5.41 Å². The Morgan fingerprint density at radius 3 is 2.44 bits per heavy atom. The highest BCUT2D eigenvalue weighted by atomic mass is 16.5. The summed E-state index contributed by atoms with van der Waals surface area (Å²) in [4.78, 5) is 11.6. The van der Waals surface area contributed by atoms with Crippen molar-refractivity contribution in [1.82, 2.24) is 5.32 Å². The van der Waals surface area contributed by atoms with Crippen molar-refractivity contribution in [3.05, 3.63) is 0 Å². The number of hydrogen-bond donors (Lipinski definition) is 1. The summed E-state index contributed by atoms with van der Waals surface area (Å²) >= 11 is 0. The lowest BCUT2D eigenvalue weighted by Crippen LogP contribution is -2.46. The highest BCUT2D eigenvalue weighted by Crippen LogP contribution is 2.43. The summed E-state index contributed by atoms with van der Waals surface area (Å²) in [5, 5.41) is 3.37. The van der Waals surface area contributed by atoms with E-state index in [2.05, 4.69) is 12.2 Å². The zero-order valence-corrected chi connectivity index (χ0v) is 10.8. The van der Waals surface area contributed by atoms with Gasteiger partial charge in [-0.2, -0.15) is 0 Å². The Bertz CT molecular complexity index is 218. The van der Waals surface area contributed by atoms with Gasteiger partial charge in [0.1, 0.15) is 6.04 Å². The fraction of sp³-hybridized carbons (Fsp3) is 0.923. The molecule has 0 aromatic heterocycles. The third-order valence-corrected chi connectivity index (χ3v) is 3.87. The number of carbonyl (C=O) groups is 1. The van der Waals surface area contributed by atoms with Gasteiger partial charge in [-0.05, 0) is 38.0 Å². The molecule has 16 heavy (non-hydrogen) atoms. The van der Waals surface area contributed by atoms with Crippen LogP contribution in [0.1, 0.15) is 52.9 Å². The molecule has 1 aliphatic rings. The molecule has 0 spiro atoms. The Kier molecular flexibility index (Phi) is 5.26. The second-order valence-electron chi connectivity index (χ2n) is 4.80. The van der Waals surface area contributed by atoms with Crippen molar-refractivity contribution in [2.45, 2.75) is 58.9 Å². The number of ether oxygens (including phenoxy) is 1. The molecule has 1 unspecified atom stereocenters. The minimum Gasteiger partial charge on any atom is -0.465 e. The average molecular weight is 227 g/mol. The predicted octanol–water partition coefficient (Wildman–Crippen LogP) is 2.50.